The molecular formula is C28H31N3O4. The molecule has 0 saturated heterocycles. The quantitative estimate of drug-likeness (QED) is 0.520. The van der Waals surface area contributed by atoms with Gasteiger partial charge < -0.3 is 15.2 Å². The van der Waals surface area contributed by atoms with Gasteiger partial charge in [-0.1, -0.05) is 62.4 Å². The minimum absolute atomic E-state index is 0.186. The second-order valence-electron chi connectivity index (χ2n) is 9.46. The number of carboxylic acids is 1. The summed E-state index contributed by atoms with van der Waals surface area (Å²) in [6.45, 7) is 0.482. The Morgan fingerprint density at radius 1 is 1.03 bits per heavy atom. The molecule has 7 nitrogen and oxygen atoms in total. The Kier molecular flexibility index (Phi) is 6.86. The second-order valence-corrected chi connectivity index (χ2v) is 9.46. The summed E-state index contributed by atoms with van der Waals surface area (Å²) in [5.74, 6) is 0.636. The lowest BCUT2D eigenvalue weighted by molar-refractivity contribution is -0.139. The first-order chi connectivity index (χ1) is 17.1. The largest absolute Gasteiger partial charge is 0.489 e. The van der Waals surface area contributed by atoms with Crippen molar-refractivity contribution in [3.05, 3.63) is 83.2 Å². The number of carboxylic acid groups (broad SMARTS) is 1. The Hall–Kier alpha value is -3.58. The third-order valence-corrected chi connectivity index (χ3v) is 7.03. The fraction of sp³-hybridized carbons (Fsp3) is 0.357. The molecule has 7 heteroatoms. The summed E-state index contributed by atoms with van der Waals surface area (Å²) < 4.78 is 5.92. The van der Waals surface area contributed by atoms with E-state index in [1.165, 1.54) is 43.2 Å². The summed E-state index contributed by atoms with van der Waals surface area (Å²) in [6.07, 6.45) is 9.39. The lowest BCUT2D eigenvalue weighted by Gasteiger charge is -2.31. The van der Waals surface area contributed by atoms with Crippen molar-refractivity contribution in [3.8, 4) is 5.75 Å². The van der Waals surface area contributed by atoms with Crippen molar-refractivity contribution in [2.75, 3.05) is 0 Å². The minimum Gasteiger partial charge on any atom is -0.489 e. The number of carbonyl (C=O) groups is 2. The zero-order valence-electron chi connectivity index (χ0n) is 19.7. The molecular weight excluding hydrogens is 442 g/mol. The summed E-state index contributed by atoms with van der Waals surface area (Å²) in [7, 11) is 0. The van der Waals surface area contributed by atoms with E-state index in [9.17, 15) is 14.7 Å². The van der Waals surface area contributed by atoms with Gasteiger partial charge in [0.1, 0.15) is 24.2 Å². The van der Waals surface area contributed by atoms with E-state index in [-0.39, 0.29) is 5.91 Å². The van der Waals surface area contributed by atoms with E-state index < -0.39 is 12.0 Å². The van der Waals surface area contributed by atoms with Crippen molar-refractivity contribution < 1.29 is 19.4 Å². The highest BCUT2D eigenvalue weighted by molar-refractivity contribution is 6.04. The number of hydrazine groups is 1. The molecule has 1 aliphatic carbocycles. The Morgan fingerprint density at radius 2 is 1.77 bits per heavy atom. The van der Waals surface area contributed by atoms with Crippen molar-refractivity contribution in [1.29, 1.82) is 0 Å². The van der Waals surface area contributed by atoms with Crippen LogP contribution in [0.3, 0.4) is 0 Å². The number of carbonyl (C=O) groups excluding carboxylic acids is 1. The number of nitrogens with zero attached hydrogens (tertiary/aromatic N) is 1. The maximum Gasteiger partial charge on any atom is 0.326 e. The van der Waals surface area contributed by atoms with E-state index in [1.807, 2.05) is 54.6 Å². The third kappa shape index (κ3) is 5.25. The lowest BCUT2D eigenvalue weighted by Crippen LogP contribution is -2.49. The normalized spacial score (nSPS) is 20.3. The second kappa shape index (κ2) is 10.4. The van der Waals surface area contributed by atoms with Gasteiger partial charge >= 0.3 is 5.97 Å². The highest BCUT2D eigenvalue weighted by Gasteiger charge is 2.38. The number of hydrogen-bond acceptors (Lipinski definition) is 5. The number of benzene rings is 2. The monoisotopic (exact) mass is 473 g/mol. The number of amides is 1. The molecule has 35 heavy (non-hydrogen) atoms. The highest BCUT2D eigenvalue weighted by atomic mass is 16.5. The van der Waals surface area contributed by atoms with Crippen LogP contribution in [0, 0.1) is 5.92 Å². The van der Waals surface area contributed by atoms with E-state index in [0.717, 1.165) is 29.0 Å². The number of hydrogen-bond donors (Lipinski definition) is 3. The number of nitrogens with one attached hydrogen (secondary N) is 2. The first kappa shape index (κ1) is 23.2. The van der Waals surface area contributed by atoms with Crippen LogP contribution in [0.15, 0.2) is 72.1 Å². The molecule has 3 aliphatic rings. The predicted octanol–water partition coefficient (Wildman–Crippen LogP) is 4.58. The molecule has 0 aromatic heterocycles. The molecule has 0 bridgehead atoms. The van der Waals surface area contributed by atoms with Crippen LogP contribution in [-0.2, 0) is 16.2 Å². The van der Waals surface area contributed by atoms with Crippen molar-refractivity contribution in [2.24, 2.45) is 5.92 Å². The Balaban J connectivity index is 1.37. The number of aliphatic carboxylic acids is 1. The fourth-order valence-electron chi connectivity index (χ4n) is 5.08. The van der Waals surface area contributed by atoms with Crippen LogP contribution in [0.25, 0.3) is 5.70 Å². The van der Waals surface area contributed by atoms with Crippen molar-refractivity contribution >= 4 is 17.6 Å². The maximum atomic E-state index is 13.5. The van der Waals surface area contributed by atoms with Crippen LogP contribution in [0.5, 0.6) is 5.75 Å². The molecule has 0 radical (unpaired) electrons. The van der Waals surface area contributed by atoms with Gasteiger partial charge in [0.15, 0.2) is 0 Å². The average Bonchev–Trinajstić information content (AvgIpc) is 3.34. The van der Waals surface area contributed by atoms with Crippen LogP contribution < -0.4 is 15.5 Å². The molecule has 1 saturated carbocycles. The Labute approximate surface area is 205 Å². The summed E-state index contributed by atoms with van der Waals surface area (Å²) in [6, 6.07) is 16.8. The van der Waals surface area contributed by atoms with Crippen LogP contribution in [0.2, 0.25) is 0 Å². The van der Waals surface area contributed by atoms with Crippen LogP contribution in [0.4, 0.5) is 0 Å². The predicted molar refractivity (Wildman–Crippen MR) is 133 cm³/mol. The number of ether oxygens (including phenoxy) is 1. The van der Waals surface area contributed by atoms with Crippen molar-refractivity contribution in [1.82, 2.24) is 15.8 Å². The molecule has 1 atom stereocenters. The molecule has 2 aromatic carbocycles. The van der Waals surface area contributed by atoms with Crippen molar-refractivity contribution in [2.45, 2.75) is 57.6 Å². The molecule has 2 aromatic rings. The van der Waals surface area contributed by atoms with Gasteiger partial charge in [-0.2, -0.15) is 0 Å². The standard InChI is InChI=1S/C28H31N3O4/c32-27-23(16-11-19-7-3-1-4-8-19)26(29-25-17-24(28(33)34)30-31(25)27)21-12-14-22(15-13-21)35-18-20-9-5-2-6-10-20/h2,5-6,9-10,12-15,17,19,24,29-30H,1,3-4,7-8,11,16,18H2,(H,33,34). The first-order valence-electron chi connectivity index (χ1n) is 12.4. The van der Waals surface area contributed by atoms with Gasteiger partial charge in [-0.15, -0.1) is 0 Å². The minimum atomic E-state index is -1.02. The summed E-state index contributed by atoms with van der Waals surface area (Å²) in [5.41, 5.74) is 6.20. The number of fused-ring (bicyclic) bond motifs is 1. The fourth-order valence-corrected chi connectivity index (χ4v) is 5.08. The van der Waals surface area contributed by atoms with Crippen LogP contribution in [0.1, 0.15) is 56.1 Å². The number of rotatable bonds is 8. The summed E-state index contributed by atoms with van der Waals surface area (Å²) >= 11 is 0. The van der Waals surface area contributed by atoms with Gasteiger partial charge in [0.05, 0.1) is 5.70 Å². The molecule has 1 fully saturated rings. The average molecular weight is 474 g/mol. The molecule has 2 aliphatic heterocycles. The SMILES string of the molecule is O=C(O)C1C=C2NC(c3ccc(OCc4ccccc4)cc3)=C(CCC3CCCCC3)C(=O)N2N1. The van der Waals surface area contributed by atoms with Crippen LogP contribution in [-0.4, -0.2) is 28.0 Å². The van der Waals surface area contributed by atoms with E-state index in [4.69, 9.17) is 4.74 Å². The zero-order valence-corrected chi connectivity index (χ0v) is 19.7. The maximum absolute atomic E-state index is 13.5. The highest BCUT2D eigenvalue weighted by Crippen LogP contribution is 2.34. The van der Waals surface area contributed by atoms with E-state index in [1.54, 1.807) is 0 Å². The van der Waals surface area contributed by atoms with E-state index in [2.05, 4.69) is 10.7 Å². The van der Waals surface area contributed by atoms with E-state index >= 15 is 0 Å². The van der Waals surface area contributed by atoms with Crippen LogP contribution >= 0.6 is 0 Å². The first-order valence-corrected chi connectivity index (χ1v) is 12.4. The lowest BCUT2D eigenvalue weighted by atomic mass is 9.84. The molecule has 182 valence electrons. The molecule has 5 rings (SSSR count). The van der Waals surface area contributed by atoms with Gasteiger partial charge in [-0.05, 0) is 60.2 Å². The molecule has 3 N–H and O–H groups in total. The van der Waals surface area contributed by atoms with Crippen molar-refractivity contribution in [3.63, 3.8) is 0 Å². The molecule has 1 amide bonds. The van der Waals surface area contributed by atoms with Gasteiger partial charge in [0.25, 0.3) is 5.91 Å². The topological polar surface area (TPSA) is 90.9 Å². The van der Waals surface area contributed by atoms with Gasteiger partial charge in [0.2, 0.25) is 0 Å². The molecule has 2 heterocycles. The third-order valence-electron chi connectivity index (χ3n) is 7.03. The van der Waals surface area contributed by atoms with Gasteiger partial charge in [0, 0.05) is 5.57 Å². The Bertz CT molecular complexity index is 1130. The van der Waals surface area contributed by atoms with E-state index in [0.29, 0.717) is 30.3 Å². The summed E-state index contributed by atoms with van der Waals surface area (Å²) in [5, 5.41) is 14.1. The molecule has 0 spiro atoms. The Morgan fingerprint density at radius 3 is 2.49 bits per heavy atom. The summed E-state index contributed by atoms with van der Waals surface area (Å²) in [4.78, 5) is 25.0. The van der Waals surface area contributed by atoms with Gasteiger partial charge in [-0.3, -0.25) is 9.59 Å². The van der Waals surface area contributed by atoms with Gasteiger partial charge in [-0.25, -0.2) is 10.4 Å². The smallest absolute Gasteiger partial charge is 0.326 e. The molecule has 1 unspecified atom stereocenters. The zero-order chi connectivity index (χ0) is 24.2.